The van der Waals surface area contributed by atoms with Crippen molar-refractivity contribution in [3.05, 3.63) is 48.1 Å². The van der Waals surface area contributed by atoms with E-state index in [-0.39, 0.29) is 5.82 Å². The molecule has 1 saturated heterocycles. The summed E-state index contributed by atoms with van der Waals surface area (Å²) in [5.41, 5.74) is 2.93. The van der Waals surface area contributed by atoms with Crippen molar-refractivity contribution in [2.75, 3.05) is 43.5 Å². The standard InChI is InChI=1S/C22H26N8O/c1-15(2)29-7-9-30(10-8-29)16-5-6-17(19(11-16)31-4)18-12-20(28-27-18)26-22-14-24-21(23-3)13-25-22/h5-6,11-15H,7-10H2,1-2,4H3,(H2,25,26,27,28). The molecule has 1 fully saturated rings. The molecule has 1 aromatic carbocycles. The number of H-pyrrole nitrogens is 1. The van der Waals surface area contributed by atoms with Gasteiger partial charge in [0, 0.05) is 55.6 Å². The molecule has 0 aliphatic carbocycles. The van der Waals surface area contributed by atoms with Crippen LogP contribution in [0.25, 0.3) is 16.1 Å². The average molecular weight is 419 g/mol. The quantitative estimate of drug-likeness (QED) is 0.590. The molecule has 31 heavy (non-hydrogen) atoms. The molecule has 9 heteroatoms. The molecular weight excluding hydrogens is 392 g/mol. The van der Waals surface area contributed by atoms with Crippen LogP contribution in [-0.2, 0) is 0 Å². The molecule has 2 N–H and O–H groups in total. The van der Waals surface area contributed by atoms with Crippen molar-refractivity contribution >= 4 is 23.1 Å². The average Bonchev–Trinajstić information content (AvgIpc) is 3.27. The van der Waals surface area contributed by atoms with E-state index in [1.165, 1.54) is 12.4 Å². The number of aromatic nitrogens is 4. The second kappa shape index (κ2) is 9.02. The van der Waals surface area contributed by atoms with Gasteiger partial charge in [0.15, 0.2) is 17.8 Å². The second-order valence-corrected chi connectivity index (χ2v) is 7.66. The Bertz CT molecular complexity index is 1060. The number of anilines is 3. The van der Waals surface area contributed by atoms with Gasteiger partial charge < -0.3 is 19.8 Å². The summed E-state index contributed by atoms with van der Waals surface area (Å²) in [7, 11) is 1.68. The number of nitrogens with one attached hydrogen (secondary N) is 2. The van der Waals surface area contributed by atoms with E-state index in [1.54, 1.807) is 7.11 Å². The lowest BCUT2D eigenvalue weighted by molar-refractivity contribution is 0.209. The highest BCUT2D eigenvalue weighted by Gasteiger charge is 2.20. The SMILES string of the molecule is [C-]#[N+]c1cnc(Nc2cc(-c3ccc(N4CCN(C(C)C)CC4)cc3OC)[nH]n2)cn1. The maximum atomic E-state index is 6.95. The normalized spacial score (nSPS) is 14.5. The van der Waals surface area contributed by atoms with Crippen LogP contribution in [0, 0.1) is 6.57 Å². The van der Waals surface area contributed by atoms with Crippen LogP contribution in [0.3, 0.4) is 0 Å². The fourth-order valence-corrected chi connectivity index (χ4v) is 3.69. The highest BCUT2D eigenvalue weighted by atomic mass is 16.5. The van der Waals surface area contributed by atoms with E-state index in [0.29, 0.717) is 17.7 Å². The fourth-order valence-electron chi connectivity index (χ4n) is 3.69. The molecule has 3 aromatic rings. The van der Waals surface area contributed by atoms with Gasteiger partial charge in [0.1, 0.15) is 5.75 Å². The van der Waals surface area contributed by atoms with Crippen molar-refractivity contribution in [3.8, 4) is 17.0 Å². The number of nitrogens with zero attached hydrogens (tertiary/aromatic N) is 6. The van der Waals surface area contributed by atoms with E-state index in [9.17, 15) is 0 Å². The molecular formula is C22H26N8O. The number of hydrogen-bond acceptors (Lipinski definition) is 7. The van der Waals surface area contributed by atoms with Crippen LogP contribution in [0.15, 0.2) is 36.7 Å². The van der Waals surface area contributed by atoms with Crippen molar-refractivity contribution in [2.24, 2.45) is 0 Å². The van der Waals surface area contributed by atoms with Crippen LogP contribution < -0.4 is 15.0 Å². The minimum atomic E-state index is 0.253. The summed E-state index contributed by atoms with van der Waals surface area (Å²) in [5, 5.41) is 10.4. The minimum Gasteiger partial charge on any atom is -0.496 e. The monoisotopic (exact) mass is 418 g/mol. The Kier molecular flexibility index (Phi) is 6.00. The first-order chi connectivity index (χ1) is 15.1. The molecule has 0 amide bonds. The number of hydrogen-bond donors (Lipinski definition) is 2. The van der Waals surface area contributed by atoms with Gasteiger partial charge in [-0.1, -0.05) is 6.57 Å². The van der Waals surface area contributed by atoms with Crippen molar-refractivity contribution < 1.29 is 4.74 Å². The van der Waals surface area contributed by atoms with Gasteiger partial charge in [0.05, 0.1) is 19.0 Å². The number of rotatable bonds is 6. The molecule has 0 atom stereocenters. The number of aromatic amines is 1. The van der Waals surface area contributed by atoms with Gasteiger partial charge in [-0.3, -0.25) is 10.00 Å². The molecule has 0 spiro atoms. The lowest BCUT2D eigenvalue weighted by Gasteiger charge is -2.38. The first-order valence-corrected chi connectivity index (χ1v) is 10.3. The first kappa shape index (κ1) is 20.6. The van der Waals surface area contributed by atoms with Gasteiger partial charge in [0.2, 0.25) is 0 Å². The summed E-state index contributed by atoms with van der Waals surface area (Å²) in [4.78, 5) is 16.3. The summed E-state index contributed by atoms with van der Waals surface area (Å²) in [6.45, 7) is 15.6. The van der Waals surface area contributed by atoms with E-state index in [0.717, 1.165) is 48.9 Å². The van der Waals surface area contributed by atoms with Gasteiger partial charge in [0.25, 0.3) is 5.82 Å². The molecule has 1 aliphatic rings. The van der Waals surface area contributed by atoms with Crippen LogP contribution in [0.4, 0.5) is 23.1 Å². The smallest absolute Gasteiger partial charge is 0.288 e. The third-order valence-electron chi connectivity index (χ3n) is 5.47. The Morgan fingerprint density at radius 3 is 2.55 bits per heavy atom. The Morgan fingerprint density at radius 1 is 1.10 bits per heavy atom. The molecule has 4 rings (SSSR count). The molecule has 3 heterocycles. The van der Waals surface area contributed by atoms with Crippen molar-refractivity contribution in [2.45, 2.75) is 19.9 Å². The van der Waals surface area contributed by atoms with E-state index >= 15 is 0 Å². The summed E-state index contributed by atoms with van der Waals surface area (Å²) < 4.78 is 5.69. The van der Waals surface area contributed by atoms with Crippen LogP contribution in [0.2, 0.25) is 0 Å². The van der Waals surface area contributed by atoms with E-state index in [2.05, 4.69) is 72.2 Å². The predicted octanol–water partition coefficient (Wildman–Crippen LogP) is 3.70. The fraction of sp³-hybridized carbons (Fsp3) is 0.364. The van der Waals surface area contributed by atoms with Crippen LogP contribution in [0.1, 0.15) is 13.8 Å². The number of methoxy groups -OCH3 is 1. The van der Waals surface area contributed by atoms with Gasteiger partial charge in [-0.25, -0.2) is 4.98 Å². The number of ether oxygens (including phenoxy) is 1. The molecule has 2 aromatic heterocycles. The highest BCUT2D eigenvalue weighted by molar-refractivity contribution is 5.73. The van der Waals surface area contributed by atoms with E-state index in [4.69, 9.17) is 11.3 Å². The lowest BCUT2D eigenvalue weighted by Crippen LogP contribution is -2.48. The summed E-state index contributed by atoms with van der Waals surface area (Å²) in [6.07, 6.45) is 2.93. The summed E-state index contributed by atoms with van der Waals surface area (Å²) in [6, 6.07) is 8.75. The zero-order valence-corrected chi connectivity index (χ0v) is 18.0. The first-order valence-electron chi connectivity index (χ1n) is 10.3. The van der Waals surface area contributed by atoms with Crippen LogP contribution >= 0.6 is 0 Å². The second-order valence-electron chi connectivity index (χ2n) is 7.66. The highest BCUT2D eigenvalue weighted by Crippen LogP contribution is 2.34. The van der Waals surface area contributed by atoms with Crippen LogP contribution in [-0.4, -0.2) is 64.4 Å². The Hall–Kier alpha value is -3.64. The predicted molar refractivity (Wildman–Crippen MR) is 121 cm³/mol. The molecule has 0 unspecified atom stereocenters. The maximum absolute atomic E-state index is 6.95. The van der Waals surface area contributed by atoms with Gasteiger partial charge in [-0.15, -0.1) is 4.98 Å². The Labute approximate surface area is 181 Å². The van der Waals surface area contributed by atoms with E-state index in [1.807, 2.05) is 6.07 Å². The van der Waals surface area contributed by atoms with Gasteiger partial charge in [-0.05, 0) is 26.0 Å². The van der Waals surface area contributed by atoms with E-state index < -0.39 is 0 Å². The minimum absolute atomic E-state index is 0.253. The van der Waals surface area contributed by atoms with Gasteiger partial charge >= 0.3 is 0 Å². The Balaban J connectivity index is 1.49. The lowest BCUT2D eigenvalue weighted by atomic mass is 10.1. The van der Waals surface area contributed by atoms with Crippen molar-refractivity contribution in [1.82, 2.24) is 25.1 Å². The molecule has 160 valence electrons. The number of benzene rings is 1. The molecule has 0 radical (unpaired) electrons. The summed E-state index contributed by atoms with van der Waals surface area (Å²) in [5.74, 6) is 2.17. The maximum Gasteiger partial charge on any atom is 0.288 e. The van der Waals surface area contributed by atoms with Crippen molar-refractivity contribution in [3.63, 3.8) is 0 Å². The zero-order valence-electron chi connectivity index (χ0n) is 18.0. The molecule has 1 aliphatic heterocycles. The molecule has 9 nitrogen and oxygen atoms in total. The molecule has 0 saturated carbocycles. The molecule has 0 bridgehead atoms. The zero-order chi connectivity index (χ0) is 21.8. The Morgan fingerprint density at radius 2 is 1.90 bits per heavy atom. The van der Waals surface area contributed by atoms with Crippen molar-refractivity contribution in [1.29, 1.82) is 0 Å². The third-order valence-corrected chi connectivity index (χ3v) is 5.47. The topological polar surface area (TPSA) is 86.6 Å². The van der Waals surface area contributed by atoms with Crippen LogP contribution in [0.5, 0.6) is 5.75 Å². The summed E-state index contributed by atoms with van der Waals surface area (Å²) >= 11 is 0. The largest absolute Gasteiger partial charge is 0.496 e. The third kappa shape index (κ3) is 4.59. The van der Waals surface area contributed by atoms with Gasteiger partial charge in [-0.2, -0.15) is 5.10 Å². The number of piperazine rings is 1.